The van der Waals surface area contributed by atoms with Gasteiger partial charge in [-0.25, -0.2) is 0 Å². The van der Waals surface area contributed by atoms with Crippen LogP contribution in [-0.2, 0) is 4.79 Å². The van der Waals surface area contributed by atoms with E-state index in [1.54, 1.807) is 0 Å². The Morgan fingerprint density at radius 1 is 1.38 bits per heavy atom. The van der Waals surface area contributed by atoms with Gasteiger partial charge in [0, 0.05) is 25.2 Å². The fourth-order valence-corrected chi connectivity index (χ4v) is 2.53. The van der Waals surface area contributed by atoms with E-state index in [0.29, 0.717) is 19.6 Å². The summed E-state index contributed by atoms with van der Waals surface area (Å²) in [5.74, 6) is 0.825. The van der Waals surface area contributed by atoms with Gasteiger partial charge in [-0.2, -0.15) is 0 Å². The van der Waals surface area contributed by atoms with Crippen LogP contribution >= 0.6 is 0 Å². The Kier molecular flexibility index (Phi) is 6.02. The maximum atomic E-state index is 11.5. The number of amides is 1. The van der Waals surface area contributed by atoms with Gasteiger partial charge in [-0.15, -0.1) is 0 Å². The summed E-state index contributed by atoms with van der Waals surface area (Å²) in [6.45, 7) is 6.42. The highest BCUT2D eigenvalue weighted by molar-refractivity contribution is 5.91. The molecule has 0 aromatic heterocycles. The number of anilines is 1. The van der Waals surface area contributed by atoms with Crippen LogP contribution in [0.25, 0.3) is 0 Å². The van der Waals surface area contributed by atoms with Crippen LogP contribution in [0.1, 0.15) is 24.8 Å². The molecule has 1 amide bonds. The van der Waals surface area contributed by atoms with Gasteiger partial charge in [0.2, 0.25) is 5.91 Å². The zero-order valence-electron chi connectivity index (χ0n) is 12.7. The summed E-state index contributed by atoms with van der Waals surface area (Å²) in [7, 11) is 0. The van der Waals surface area contributed by atoms with E-state index >= 15 is 0 Å². The Labute approximate surface area is 126 Å². The normalized spacial score (nSPS) is 15.1. The number of nitrogens with one attached hydrogen (secondary N) is 1. The lowest BCUT2D eigenvalue weighted by Gasteiger charge is -2.16. The minimum absolute atomic E-state index is 0.0559. The van der Waals surface area contributed by atoms with Crippen molar-refractivity contribution < 1.29 is 9.53 Å². The number of benzene rings is 1. The van der Waals surface area contributed by atoms with Crippen molar-refractivity contribution in [3.05, 3.63) is 23.8 Å². The first-order chi connectivity index (χ1) is 10.2. The number of hydrogen-bond donors (Lipinski definition) is 2. The number of nitrogens with zero attached hydrogens (tertiary/aromatic N) is 1. The second-order valence-electron chi connectivity index (χ2n) is 5.46. The summed E-state index contributed by atoms with van der Waals surface area (Å²) in [4.78, 5) is 13.9. The van der Waals surface area contributed by atoms with Crippen molar-refractivity contribution in [1.29, 1.82) is 0 Å². The minimum atomic E-state index is -0.0559. The van der Waals surface area contributed by atoms with E-state index in [0.717, 1.165) is 23.5 Å². The maximum Gasteiger partial charge on any atom is 0.225 e. The lowest BCUT2D eigenvalue weighted by Crippen LogP contribution is -2.25. The Hall–Kier alpha value is -1.59. The largest absolute Gasteiger partial charge is 0.492 e. The molecule has 5 nitrogen and oxygen atoms in total. The molecule has 1 aromatic carbocycles. The summed E-state index contributed by atoms with van der Waals surface area (Å²) in [6.07, 6.45) is 2.94. The van der Waals surface area contributed by atoms with E-state index < -0.39 is 0 Å². The first-order valence-corrected chi connectivity index (χ1v) is 7.65. The molecule has 116 valence electrons. The number of ether oxygens (including phenoxy) is 1. The molecule has 0 atom stereocenters. The monoisotopic (exact) mass is 291 g/mol. The smallest absolute Gasteiger partial charge is 0.225 e. The molecule has 1 heterocycles. The summed E-state index contributed by atoms with van der Waals surface area (Å²) >= 11 is 0. The van der Waals surface area contributed by atoms with Crippen LogP contribution in [0.15, 0.2) is 18.2 Å². The van der Waals surface area contributed by atoms with E-state index in [1.807, 2.05) is 25.1 Å². The van der Waals surface area contributed by atoms with Crippen LogP contribution in [0.4, 0.5) is 5.69 Å². The van der Waals surface area contributed by atoms with Gasteiger partial charge >= 0.3 is 0 Å². The van der Waals surface area contributed by atoms with Crippen molar-refractivity contribution in [2.24, 2.45) is 5.73 Å². The molecule has 0 saturated carbocycles. The SMILES string of the molecule is Cc1cc(NC(=O)CCN)ccc1OCCN1CCCC1. The molecule has 21 heavy (non-hydrogen) atoms. The summed E-state index contributed by atoms with van der Waals surface area (Å²) in [5.41, 5.74) is 7.18. The topological polar surface area (TPSA) is 67.6 Å². The number of likely N-dealkylation sites (tertiary alicyclic amines) is 1. The highest BCUT2D eigenvalue weighted by Gasteiger charge is 2.11. The molecule has 3 N–H and O–H groups in total. The van der Waals surface area contributed by atoms with Crippen LogP contribution in [-0.4, -0.2) is 43.6 Å². The lowest BCUT2D eigenvalue weighted by atomic mass is 10.2. The summed E-state index contributed by atoms with van der Waals surface area (Å²) < 4.78 is 5.83. The van der Waals surface area contributed by atoms with E-state index in [4.69, 9.17) is 10.5 Å². The maximum absolute atomic E-state index is 11.5. The molecule has 0 radical (unpaired) electrons. The number of carbonyl (C=O) groups excluding carboxylic acids is 1. The molecule has 0 bridgehead atoms. The number of rotatable bonds is 7. The van der Waals surface area contributed by atoms with Gasteiger partial charge in [-0.05, 0) is 56.6 Å². The fourth-order valence-electron chi connectivity index (χ4n) is 2.53. The molecule has 1 fully saturated rings. The molecule has 0 spiro atoms. The van der Waals surface area contributed by atoms with Gasteiger partial charge in [0.05, 0.1) is 0 Å². The Balaban J connectivity index is 1.82. The average Bonchev–Trinajstić information content (AvgIpc) is 2.94. The van der Waals surface area contributed by atoms with Gasteiger partial charge in [-0.3, -0.25) is 9.69 Å². The van der Waals surface area contributed by atoms with Crippen LogP contribution < -0.4 is 15.8 Å². The molecule has 0 aliphatic carbocycles. The third-order valence-electron chi connectivity index (χ3n) is 3.69. The third kappa shape index (κ3) is 5.02. The number of hydrogen-bond acceptors (Lipinski definition) is 4. The van der Waals surface area contributed by atoms with Gasteiger partial charge in [0.1, 0.15) is 12.4 Å². The van der Waals surface area contributed by atoms with Crippen molar-refractivity contribution in [2.75, 3.05) is 38.1 Å². The predicted molar refractivity (Wildman–Crippen MR) is 84.6 cm³/mol. The molecule has 0 unspecified atom stereocenters. The molecule has 1 aromatic rings. The van der Waals surface area contributed by atoms with Crippen LogP contribution in [0, 0.1) is 6.92 Å². The second-order valence-corrected chi connectivity index (χ2v) is 5.46. The quantitative estimate of drug-likeness (QED) is 0.803. The van der Waals surface area contributed by atoms with E-state index in [1.165, 1.54) is 25.9 Å². The average molecular weight is 291 g/mol. The molecule has 1 aliphatic heterocycles. The van der Waals surface area contributed by atoms with E-state index in [9.17, 15) is 4.79 Å². The van der Waals surface area contributed by atoms with Gasteiger partial charge in [0.15, 0.2) is 0 Å². The summed E-state index contributed by atoms with van der Waals surface area (Å²) in [5, 5.41) is 2.83. The number of carbonyl (C=O) groups is 1. The van der Waals surface area contributed by atoms with Crippen LogP contribution in [0.3, 0.4) is 0 Å². The van der Waals surface area contributed by atoms with Crippen molar-refractivity contribution in [3.8, 4) is 5.75 Å². The van der Waals surface area contributed by atoms with Gasteiger partial charge in [-0.1, -0.05) is 0 Å². The number of nitrogens with two attached hydrogens (primary N) is 1. The van der Waals surface area contributed by atoms with Crippen LogP contribution in [0.5, 0.6) is 5.75 Å². The first-order valence-electron chi connectivity index (χ1n) is 7.65. The zero-order chi connectivity index (χ0) is 15.1. The lowest BCUT2D eigenvalue weighted by molar-refractivity contribution is -0.116. The Morgan fingerprint density at radius 2 is 2.14 bits per heavy atom. The highest BCUT2D eigenvalue weighted by atomic mass is 16.5. The minimum Gasteiger partial charge on any atom is -0.492 e. The Morgan fingerprint density at radius 3 is 2.81 bits per heavy atom. The van der Waals surface area contributed by atoms with Crippen LogP contribution in [0.2, 0.25) is 0 Å². The number of aryl methyl sites for hydroxylation is 1. The zero-order valence-corrected chi connectivity index (χ0v) is 12.7. The molecule has 5 heteroatoms. The fraction of sp³-hybridized carbons (Fsp3) is 0.562. The van der Waals surface area contributed by atoms with Crippen molar-refractivity contribution in [2.45, 2.75) is 26.2 Å². The molecule has 2 rings (SSSR count). The van der Waals surface area contributed by atoms with Crippen molar-refractivity contribution >= 4 is 11.6 Å². The van der Waals surface area contributed by atoms with E-state index in [-0.39, 0.29) is 5.91 Å². The molecular formula is C16H25N3O2. The summed E-state index contributed by atoms with van der Waals surface area (Å²) in [6, 6.07) is 5.71. The van der Waals surface area contributed by atoms with Gasteiger partial charge in [0.25, 0.3) is 0 Å². The van der Waals surface area contributed by atoms with E-state index in [2.05, 4.69) is 10.2 Å². The third-order valence-corrected chi connectivity index (χ3v) is 3.69. The predicted octanol–water partition coefficient (Wildman–Crippen LogP) is 1.76. The highest BCUT2D eigenvalue weighted by Crippen LogP contribution is 2.22. The van der Waals surface area contributed by atoms with Crippen molar-refractivity contribution in [3.63, 3.8) is 0 Å². The first kappa shape index (κ1) is 15.8. The Bertz CT molecular complexity index is 471. The molecular weight excluding hydrogens is 266 g/mol. The molecule has 1 aliphatic rings. The van der Waals surface area contributed by atoms with Gasteiger partial charge < -0.3 is 15.8 Å². The second kappa shape index (κ2) is 8.00. The van der Waals surface area contributed by atoms with Crippen molar-refractivity contribution in [1.82, 2.24) is 4.90 Å². The standard InChI is InChI=1S/C16H25N3O2/c1-13-12-14(18-16(20)6-7-17)4-5-15(13)21-11-10-19-8-2-3-9-19/h4-5,12H,2-3,6-11,17H2,1H3,(H,18,20). The molecule has 1 saturated heterocycles.